The van der Waals surface area contributed by atoms with E-state index in [2.05, 4.69) is 13.7 Å². The zero-order valence-corrected chi connectivity index (χ0v) is 10.4. The van der Waals surface area contributed by atoms with Gasteiger partial charge >= 0.3 is 0 Å². The molecule has 1 N–H and O–H groups in total. The van der Waals surface area contributed by atoms with Crippen molar-refractivity contribution in [1.29, 1.82) is 0 Å². The molecule has 4 nitrogen and oxygen atoms in total. The van der Waals surface area contributed by atoms with E-state index < -0.39 is 6.10 Å². The summed E-state index contributed by atoms with van der Waals surface area (Å²) in [5, 5.41) is 10.9. The lowest BCUT2D eigenvalue weighted by Gasteiger charge is -2.02. The van der Waals surface area contributed by atoms with Crippen LogP contribution in [0.5, 0.6) is 0 Å². The van der Waals surface area contributed by atoms with Crippen molar-refractivity contribution in [2.75, 3.05) is 0 Å². The van der Waals surface area contributed by atoms with Crippen LogP contribution in [0.25, 0.3) is 10.2 Å². The van der Waals surface area contributed by atoms with Gasteiger partial charge in [0.25, 0.3) is 0 Å². The average Bonchev–Trinajstić information content (AvgIpc) is 2.97. The van der Waals surface area contributed by atoms with E-state index in [1.807, 2.05) is 24.3 Å². The normalized spacial score (nSPS) is 13.0. The van der Waals surface area contributed by atoms with Gasteiger partial charge in [-0.1, -0.05) is 12.1 Å². The SMILES string of the molecule is OC(Cc1nc2ccccc2s1)c1cnsn1. The fourth-order valence-corrected chi connectivity index (χ4v) is 3.07. The van der Waals surface area contributed by atoms with Gasteiger partial charge in [0.15, 0.2) is 0 Å². The molecule has 0 aliphatic heterocycles. The molecule has 1 atom stereocenters. The van der Waals surface area contributed by atoms with Crippen LogP contribution in [0.1, 0.15) is 16.8 Å². The van der Waals surface area contributed by atoms with Crippen LogP contribution in [0, 0.1) is 0 Å². The Hall–Kier alpha value is -1.37. The number of benzene rings is 1. The summed E-state index contributed by atoms with van der Waals surface area (Å²) >= 11 is 2.71. The summed E-state index contributed by atoms with van der Waals surface area (Å²) in [6.07, 6.45) is 1.47. The highest BCUT2D eigenvalue weighted by atomic mass is 32.1. The maximum atomic E-state index is 9.96. The smallest absolute Gasteiger partial charge is 0.105 e. The Labute approximate surface area is 106 Å². The van der Waals surface area contributed by atoms with E-state index >= 15 is 0 Å². The topological polar surface area (TPSA) is 58.9 Å². The van der Waals surface area contributed by atoms with Gasteiger partial charge in [-0.05, 0) is 12.1 Å². The zero-order valence-electron chi connectivity index (χ0n) is 8.78. The summed E-state index contributed by atoms with van der Waals surface area (Å²) in [6.45, 7) is 0. The number of aliphatic hydroxyl groups excluding tert-OH is 1. The molecule has 0 spiro atoms. The minimum atomic E-state index is -0.616. The highest BCUT2D eigenvalue weighted by Crippen LogP contribution is 2.25. The van der Waals surface area contributed by atoms with Gasteiger partial charge in [-0.15, -0.1) is 11.3 Å². The molecule has 3 aromatic rings. The summed E-state index contributed by atoms with van der Waals surface area (Å²) in [6, 6.07) is 7.97. The third-order valence-electron chi connectivity index (χ3n) is 2.43. The molecule has 1 aromatic carbocycles. The number of fused-ring (bicyclic) bond motifs is 1. The summed E-state index contributed by atoms with van der Waals surface area (Å²) in [5.41, 5.74) is 1.60. The maximum absolute atomic E-state index is 9.96. The van der Waals surface area contributed by atoms with Crippen molar-refractivity contribution in [2.24, 2.45) is 0 Å². The third kappa shape index (κ3) is 2.19. The molecule has 0 saturated carbocycles. The van der Waals surface area contributed by atoms with Gasteiger partial charge in [-0.3, -0.25) is 0 Å². The summed E-state index contributed by atoms with van der Waals surface area (Å²) in [7, 11) is 0. The number of rotatable bonds is 3. The predicted molar refractivity (Wildman–Crippen MR) is 68.2 cm³/mol. The molecule has 0 amide bonds. The van der Waals surface area contributed by atoms with Gasteiger partial charge in [-0.25, -0.2) is 4.98 Å². The predicted octanol–water partition coefficient (Wildman–Crippen LogP) is 2.42. The van der Waals surface area contributed by atoms with Gasteiger partial charge < -0.3 is 5.11 Å². The van der Waals surface area contributed by atoms with Crippen molar-refractivity contribution in [3.8, 4) is 0 Å². The van der Waals surface area contributed by atoms with Crippen LogP contribution < -0.4 is 0 Å². The lowest BCUT2D eigenvalue weighted by atomic mass is 10.2. The van der Waals surface area contributed by atoms with E-state index in [1.165, 1.54) is 0 Å². The van der Waals surface area contributed by atoms with Crippen LogP contribution in [0.4, 0.5) is 0 Å². The lowest BCUT2D eigenvalue weighted by molar-refractivity contribution is 0.174. The molecular weight excluding hydrogens is 254 g/mol. The second-order valence-electron chi connectivity index (χ2n) is 3.63. The number of thiazole rings is 1. The first-order valence-corrected chi connectivity index (χ1v) is 6.67. The van der Waals surface area contributed by atoms with Crippen molar-refractivity contribution >= 4 is 33.3 Å². The monoisotopic (exact) mass is 263 g/mol. The molecule has 0 fully saturated rings. The molecule has 86 valence electrons. The third-order valence-corrected chi connectivity index (χ3v) is 3.98. The molecule has 1 unspecified atom stereocenters. The van der Waals surface area contributed by atoms with Gasteiger partial charge in [0.05, 0.1) is 33.1 Å². The first-order chi connectivity index (χ1) is 8.33. The molecule has 0 saturated heterocycles. The molecule has 3 rings (SSSR count). The van der Waals surface area contributed by atoms with E-state index in [9.17, 15) is 5.11 Å². The van der Waals surface area contributed by atoms with Crippen LogP contribution in [0.3, 0.4) is 0 Å². The maximum Gasteiger partial charge on any atom is 0.105 e. The number of hydrogen-bond donors (Lipinski definition) is 1. The van der Waals surface area contributed by atoms with Crippen molar-refractivity contribution in [3.05, 3.63) is 41.2 Å². The van der Waals surface area contributed by atoms with E-state index in [-0.39, 0.29) is 0 Å². The molecule has 0 aliphatic rings. The Bertz CT molecular complexity index is 587. The van der Waals surface area contributed by atoms with Crippen molar-refractivity contribution < 1.29 is 5.11 Å². The van der Waals surface area contributed by atoms with E-state index in [0.717, 1.165) is 27.0 Å². The van der Waals surface area contributed by atoms with Gasteiger partial charge in [0.1, 0.15) is 11.8 Å². The lowest BCUT2D eigenvalue weighted by Crippen LogP contribution is -2.01. The molecule has 17 heavy (non-hydrogen) atoms. The minimum absolute atomic E-state index is 0.491. The fraction of sp³-hybridized carbons (Fsp3) is 0.182. The van der Waals surface area contributed by atoms with Gasteiger partial charge in [0.2, 0.25) is 0 Å². The quantitative estimate of drug-likeness (QED) is 0.788. The average molecular weight is 263 g/mol. The van der Waals surface area contributed by atoms with Crippen molar-refractivity contribution in [2.45, 2.75) is 12.5 Å². The number of aromatic nitrogens is 3. The highest BCUT2D eigenvalue weighted by molar-refractivity contribution is 7.18. The summed E-state index contributed by atoms with van der Waals surface area (Å²) < 4.78 is 9.05. The Morgan fingerprint density at radius 3 is 2.94 bits per heavy atom. The molecular formula is C11H9N3OS2. The Kier molecular flexibility index (Phi) is 2.84. The largest absolute Gasteiger partial charge is 0.386 e. The van der Waals surface area contributed by atoms with Crippen LogP contribution in [0.15, 0.2) is 30.5 Å². The molecule has 0 aliphatic carbocycles. The molecule has 2 heterocycles. The second kappa shape index (κ2) is 4.48. The Morgan fingerprint density at radius 1 is 1.29 bits per heavy atom. The Balaban J connectivity index is 1.85. The standard InChI is InChI=1S/C11H9N3OS2/c15-9(8-6-12-17-14-8)5-11-13-7-3-1-2-4-10(7)16-11/h1-4,6,9,15H,5H2. The molecule has 6 heteroatoms. The van der Waals surface area contributed by atoms with Crippen LogP contribution >= 0.6 is 23.1 Å². The second-order valence-corrected chi connectivity index (χ2v) is 5.30. The van der Waals surface area contributed by atoms with Crippen molar-refractivity contribution in [3.63, 3.8) is 0 Å². The molecule has 0 radical (unpaired) electrons. The number of hydrogen-bond acceptors (Lipinski definition) is 6. The van der Waals surface area contributed by atoms with Gasteiger partial charge in [-0.2, -0.15) is 8.75 Å². The first kappa shape index (κ1) is 10.8. The fourth-order valence-electron chi connectivity index (χ4n) is 1.60. The summed E-state index contributed by atoms with van der Waals surface area (Å²) in [5.74, 6) is 0. The van der Waals surface area contributed by atoms with Crippen LogP contribution in [-0.2, 0) is 6.42 Å². The number of para-hydroxylation sites is 1. The Morgan fingerprint density at radius 2 is 2.18 bits per heavy atom. The van der Waals surface area contributed by atoms with Crippen LogP contribution in [-0.4, -0.2) is 18.8 Å². The van der Waals surface area contributed by atoms with E-state index in [1.54, 1.807) is 17.5 Å². The first-order valence-electron chi connectivity index (χ1n) is 5.13. The van der Waals surface area contributed by atoms with E-state index in [0.29, 0.717) is 12.1 Å². The molecule has 2 aromatic heterocycles. The number of aliphatic hydroxyl groups is 1. The minimum Gasteiger partial charge on any atom is -0.386 e. The van der Waals surface area contributed by atoms with E-state index in [4.69, 9.17) is 0 Å². The number of nitrogens with zero attached hydrogens (tertiary/aromatic N) is 3. The zero-order chi connectivity index (χ0) is 11.7. The highest BCUT2D eigenvalue weighted by Gasteiger charge is 2.14. The van der Waals surface area contributed by atoms with Crippen LogP contribution in [0.2, 0.25) is 0 Å². The van der Waals surface area contributed by atoms with Gasteiger partial charge in [0, 0.05) is 6.42 Å². The summed E-state index contributed by atoms with van der Waals surface area (Å²) in [4.78, 5) is 4.48. The molecule has 0 bridgehead atoms. The van der Waals surface area contributed by atoms with Crippen molar-refractivity contribution in [1.82, 2.24) is 13.7 Å².